The summed E-state index contributed by atoms with van der Waals surface area (Å²) in [5.41, 5.74) is 6.42. The Morgan fingerprint density at radius 3 is 2.62 bits per heavy atom. The molecule has 1 aliphatic rings. The Kier molecular flexibility index (Phi) is 4.05. The number of hydrogen-bond acceptors (Lipinski definition) is 3. The molecule has 88 valence electrons. The summed E-state index contributed by atoms with van der Waals surface area (Å²) in [6.07, 6.45) is 0. The van der Waals surface area contributed by atoms with E-state index in [9.17, 15) is 4.79 Å². The molecule has 0 amide bonds. The van der Waals surface area contributed by atoms with Crippen LogP contribution in [0.25, 0.3) is 0 Å². The number of carbonyl (C=O) groups is 1. The number of ketones is 1. The standard InChI is InChI=1S/C12H15NOS.ClH/c1-12(2,13)9-7-15-10-6-4-3-5-8(10)11(9)14;/h3-6,9H,7,13H2,1-2H3;1H. The number of hydrogen-bond donors (Lipinski definition) is 1. The number of rotatable bonds is 1. The number of fused-ring (bicyclic) bond motifs is 1. The lowest BCUT2D eigenvalue weighted by Crippen LogP contribution is -2.47. The third-order valence-electron chi connectivity index (χ3n) is 2.77. The summed E-state index contributed by atoms with van der Waals surface area (Å²) < 4.78 is 0. The lowest BCUT2D eigenvalue weighted by atomic mass is 9.83. The van der Waals surface area contributed by atoms with Crippen molar-refractivity contribution in [3.05, 3.63) is 29.8 Å². The molecule has 0 spiro atoms. The van der Waals surface area contributed by atoms with Gasteiger partial charge in [0.1, 0.15) is 0 Å². The van der Waals surface area contributed by atoms with Gasteiger partial charge in [-0.05, 0) is 19.9 Å². The average Bonchev–Trinajstić information content (AvgIpc) is 2.16. The van der Waals surface area contributed by atoms with Gasteiger partial charge in [-0.2, -0.15) is 0 Å². The molecule has 16 heavy (non-hydrogen) atoms. The first-order valence-electron chi connectivity index (χ1n) is 5.05. The van der Waals surface area contributed by atoms with Crippen LogP contribution in [-0.2, 0) is 0 Å². The fourth-order valence-electron chi connectivity index (χ4n) is 1.79. The smallest absolute Gasteiger partial charge is 0.169 e. The van der Waals surface area contributed by atoms with Crippen molar-refractivity contribution in [2.45, 2.75) is 24.3 Å². The molecule has 1 aromatic rings. The van der Waals surface area contributed by atoms with Crippen LogP contribution < -0.4 is 5.73 Å². The van der Waals surface area contributed by atoms with Crippen LogP contribution in [0.15, 0.2) is 29.2 Å². The molecule has 0 fully saturated rings. The van der Waals surface area contributed by atoms with Crippen molar-refractivity contribution in [1.29, 1.82) is 0 Å². The minimum absolute atomic E-state index is 0. The van der Waals surface area contributed by atoms with Crippen molar-refractivity contribution in [3.8, 4) is 0 Å². The van der Waals surface area contributed by atoms with E-state index in [1.165, 1.54) is 0 Å². The summed E-state index contributed by atoms with van der Waals surface area (Å²) in [6.45, 7) is 3.84. The summed E-state index contributed by atoms with van der Waals surface area (Å²) in [5.74, 6) is 0.911. The Hall–Kier alpha value is -0.510. The van der Waals surface area contributed by atoms with E-state index >= 15 is 0 Å². The van der Waals surface area contributed by atoms with E-state index in [0.717, 1.165) is 16.2 Å². The number of benzene rings is 1. The monoisotopic (exact) mass is 257 g/mol. The predicted octanol–water partition coefficient (Wildman–Crippen LogP) is 2.75. The molecule has 0 saturated heterocycles. The van der Waals surface area contributed by atoms with Gasteiger partial charge in [0, 0.05) is 27.7 Å². The molecule has 0 bridgehead atoms. The molecule has 0 saturated carbocycles. The molecule has 1 atom stereocenters. The Bertz CT molecular complexity index is 400. The van der Waals surface area contributed by atoms with Crippen LogP contribution >= 0.6 is 24.2 Å². The normalized spacial score (nSPS) is 19.9. The molecule has 1 aliphatic heterocycles. The van der Waals surface area contributed by atoms with Crippen molar-refractivity contribution in [2.24, 2.45) is 11.7 Å². The third kappa shape index (κ3) is 2.42. The Labute approximate surface area is 106 Å². The molecule has 2 N–H and O–H groups in total. The molecular formula is C12H16ClNOS. The van der Waals surface area contributed by atoms with E-state index in [1.54, 1.807) is 11.8 Å². The lowest BCUT2D eigenvalue weighted by molar-refractivity contribution is 0.0881. The first-order valence-corrected chi connectivity index (χ1v) is 6.03. The Morgan fingerprint density at radius 1 is 1.38 bits per heavy atom. The maximum atomic E-state index is 12.2. The molecule has 0 aromatic heterocycles. The largest absolute Gasteiger partial charge is 0.325 e. The lowest BCUT2D eigenvalue weighted by Gasteiger charge is -2.32. The first-order chi connectivity index (χ1) is 7.00. The molecule has 2 rings (SSSR count). The van der Waals surface area contributed by atoms with E-state index in [2.05, 4.69) is 0 Å². The van der Waals surface area contributed by atoms with Gasteiger partial charge in [-0.25, -0.2) is 0 Å². The van der Waals surface area contributed by atoms with Crippen molar-refractivity contribution in [1.82, 2.24) is 0 Å². The average molecular weight is 258 g/mol. The number of carbonyl (C=O) groups excluding carboxylic acids is 1. The van der Waals surface area contributed by atoms with E-state index in [0.29, 0.717) is 0 Å². The van der Waals surface area contributed by atoms with E-state index in [4.69, 9.17) is 5.73 Å². The molecule has 1 heterocycles. The summed E-state index contributed by atoms with van der Waals surface area (Å²) in [6, 6.07) is 7.76. The summed E-state index contributed by atoms with van der Waals surface area (Å²) in [7, 11) is 0. The minimum atomic E-state index is -0.433. The van der Waals surface area contributed by atoms with Crippen molar-refractivity contribution < 1.29 is 4.79 Å². The number of thioether (sulfide) groups is 1. The molecule has 4 heteroatoms. The van der Waals surface area contributed by atoms with Crippen LogP contribution in [0.5, 0.6) is 0 Å². The quantitative estimate of drug-likeness (QED) is 0.841. The van der Waals surface area contributed by atoms with Gasteiger partial charge in [-0.1, -0.05) is 18.2 Å². The van der Waals surface area contributed by atoms with Gasteiger partial charge in [0.2, 0.25) is 0 Å². The summed E-state index contributed by atoms with van der Waals surface area (Å²) >= 11 is 1.73. The van der Waals surface area contributed by atoms with Crippen LogP contribution in [0.2, 0.25) is 0 Å². The maximum absolute atomic E-state index is 12.2. The second-order valence-corrected chi connectivity index (χ2v) is 5.61. The molecule has 1 aromatic carbocycles. The molecule has 0 radical (unpaired) electrons. The van der Waals surface area contributed by atoms with Gasteiger partial charge in [0.15, 0.2) is 5.78 Å². The van der Waals surface area contributed by atoms with Crippen LogP contribution in [0.4, 0.5) is 0 Å². The number of Topliss-reactive ketones (excluding diaryl/α,β-unsaturated/α-hetero) is 1. The highest BCUT2D eigenvalue weighted by Crippen LogP contribution is 2.36. The van der Waals surface area contributed by atoms with E-state index < -0.39 is 5.54 Å². The zero-order valence-electron chi connectivity index (χ0n) is 9.40. The number of nitrogens with two attached hydrogens (primary N) is 1. The van der Waals surface area contributed by atoms with Crippen molar-refractivity contribution in [2.75, 3.05) is 5.75 Å². The molecule has 2 nitrogen and oxygen atoms in total. The summed E-state index contributed by atoms with van der Waals surface area (Å²) in [5, 5.41) is 0. The van der Waals surface area contributed by atoms with Crippen LogP contribution in [0.1, 0.15) is 24.2 Å². The SMILES string of the molecule is CC(C)(N)C1CSc2ccccc2C1=O.Cl. The van der Waals surface area contributed by atoms with Gasteiger partial charge in [0.05, 0.1) is 0 Å². The molecular weight excluding hydrogens is 242 g/mol. The molecule has 1 unspecified atom stereocenters. The van der Waals surface area contributed by atoms with E-state index in [1.807, 2.05) is 38.1 Å². The highest BCUT2D eigenvalue weighted by molar-refractivity contribution is 7.99. The Balaban J connectivity index is 0.00000128. The number of halogens is 1. The zero-order chi connectivity index (χ0) is 11.1. The fourth-order valence-corrected chi connectivity index (χ4v) is 3.21. The third-order valence-corrected chi connectivity index (χ3v) is 3.94. The topological polar surface area (TPSA) is 43.1 Å². The zero-order valence-corrected chi connectivity index (χ0v) is 11.0. The second-order valence-electron chi connectivity index (χ2n) is 4.55. The van der Waals surface area contributed by atoms with Crippen LogP contribution in [-0.4, -0.2) is 17.1 Å². The van der Waals surface area contributed by atoms with Gasteiger partial charge < -0.3 is 5.73 Å². The fraction of sp³-hybridized carbons (Fsp3) is 0.417. The second kappa shape index (κ2) is 4.78. The van der Waals surface area contributed by atoms with Crippen molar-refractivity contribution in [3.63, 3.8) is 0 Å². The highest BCUT2D eigenvalue weighted by atomic mass is 35.5. The first kappa shape index (κ1) is 13.6. The summed E-state index contributed by atoms with van der Waals surface area (Å²) in [4.78, 5) is 13.3. The van der Waals surface area contributed by atoms with Gasteiger partial charge in [-0.15, -0.1) is 24.2 Å². The van der Waals surface area contributed by atoms with E-state index in [-0.39, 0.29) is 24.1 Å². The van der Waals surface area contributed by atoms with Crippen molar-refractivity contribution >= 4 is 30.0 Å². The van der Waals surface area contributed by atoms with Crippen LogP contribution in [0, 0.1) is 5.92 Å². The van der Waals surface area contributed by atoms with Gasteiger partial charge in [0.25, 0.3) is 0 Å². The maximum Gasteiger partial charge on any atom is 0.169 e. The minimum Gasteiger partial charge on any atom is -0.325 e. The Morgan fingerprint density at radius 2 is 2.00 bits per heavy atom. The van der Waals surface area contributed by atoms with Gasteiger partial charge in [-0.3, -0.25) is 4.79 Å². The predicted molar refractivity (Wildman–Crippen MR) is 70.5 cm³/mol. The van der Waals surface area contributed by atoms with Gasteiger partial charge >= 0.3 is 0 Å². The molecule has 0 aliphatic carbocycles. The highest BCUT2D eigenvalue weighted by Gasteiger charge is 2.36. The van der Waals surface area contributed by atoms with Crippen LogP contribution in [0.3, 0.4) is 0 Å².